The standard InChI is InChI=1S/C27H22FN3O2/c28-20-13-10-17(11-14-20)16-23(32)30-27-25(26(33)19-7-2-1-3-8-19)31-24-21-9-5-4-6-18(21)12-15-22(24)29-27/h1-11,13-14,26,33H,12,15-16H2,(H,29,30,32). The molecule has 164 valence electrons. The number of aliphatic hydroxyl groups excluding tert-OH is 1. The van der Waals surface area contributed by atoms with Crippen LogP contribution in [0.25, 0.3) is 11.3 Å². The molecule has 5 rings (SSSR count). The van der Waals surface area contributed by atoms with Gasteiger partial charge in [0.15, 0.2) is 5.82 Å². The minimum absolute atomic E-state index is 0.0583. The van der Waals surface area contributed by atoms with Crippen molar-refractivity contribution < 1.29 is 14.3 Å². The van der Waals surface area contributed by atoms with E-state index in [0.29, 0.717) is 23.2 Å². The van der Waals surface area contributed by atoms with E-state index in [1.807, 2.05) is 48.5 Å². The number of halogens is 1. The van der Waals surface area contributed by atoms with Crippen molar-refractivity contribution in [3.8, 4) is 11.3 Å². The molecule has 5 nitrogen and oxygen atoms in total. The Bertz CT molecular complexity index is 1310. The highest BCUT2D eigenvalue weighted by Gasteiger charge is 2.26. The molecule has 33 heavy (non-hydrogen) atoms. The van der Waals surface area contributed by atoms with Gasteiger partial charge in [-0.1, -0.05) is 66.7 Å². The number of aryl methyl sites for hydroxylation is 2. The Morgan fingerprint density at radius 1 is 0.939 bits per heavy atom. The zero-order valence-corrected chi connectivity index (χ0v) is 17.8. The van der Waals surface area contributed by atoms with Crippen LogP contribution in [-0.4, -0.2) is 21.0 Å². The maximum Gasteiger partial charge on any atom is 0.229 e. The van der Waals surface area contributed by atoms with Crippen LogP contribution >= 0.6 is 0 Å². The number of carbonyl (C=O) groups is 1. The first-order valence-corrected chi connectivity index (χ1v) is 10.8. The van der Waals surface area contributed by atoms with Gasteiger partial charge < -0.3 is 10.4 Å². The predicted molar refractivity (Wildman–Crippen MR) is 124 cm³/mol. The zero-order valence-electron chi connectivity index (χ0n) is 17.8. The Morgan fingerprint density at radius 2 is 1.67 bits per heavy atom. The zero-order chi connectivity index (χ0) is 22.8. The minimum Gasteiger partial charge on any atom is -0.382 e. The van der Waals surface area contributed by atoms with Crippen LogP contribution in [0.5, 0.6) is 0 Å². The minimum atomic E-state index is -1.06. The number of hydrogen-bond donors (Lipinski definition) is 2. The first-order chi connectivity index (χ1) is 16.1. The van der Waals surface area contributed by atoms with Crippen molar-refractivity contribution in [1.29, 1.82) is 0 Å². The van der Waals surface area contributed by atoms with E-state index in [4.69, 9.17) is 9.97 Å². The number of anilines is 1. The van der Waals surface area contributed by atoms with Gasteiger partial charge in [-0.25, -0.2) is 14.4 Å². The molecule has 0 saturated heterocycles. The third-order valence-corrected chi connectivity index (χ3v) is 5.81. The second kappa shape index (κ2) is 8.92. The summed E-state index contributed by atoms with van der Waals surface area (Å²) in [4.78, 5) is 22.4. The van der Waals surface area contributed by atoms with Crippen molar-refractivity contribution in [3.63, 3.8) is 0 Å². The molecular formula is C27H22FN3O2. The van der Waals surface area contributed by atoms with Crippen molar-refractivity contribution >= 4 is 11.7 Å². The lowest BCUT2D eigenvalue weighted by molar-refractivity contribution is -0.115. The van der Waals surface area contributed by atoms with Gasteiger partial charge in [-0.3, -0.25) is 4.79 Å². The quantitative estimate of drug-likeness (QED) is 0.475. The van der Waals surface area contributed by atoms with Crippen LogP contribution in [-0.2, 0) is 24.1 Å². The van der Waals surface area contributed by atoms with Gasteiger partial charge in [-0.2, -0.15) is 0 Å². The second-order valence-corrected chi connectivity index (χ2v) is 8.07. The van der Waals surface area contributed by atoms with E-state index in [0.717, 1.165) is 23.4 Å². The van der Waals surface area contributed by atoms with E-state index < -0.39 is 6.10 Å². The molecular weight excluding hydrogens is 417 g/mol. The number of amides is 1. The Kier molecular flexibility index (Phi) is 5.67. The maximum atomic E-state index is 13.2. The van der Waals surface area contributed by atoms with Crippen molar-refractivity contribution in [2.24, 2.45) is 0 Å². The van der Waals surface area contributed by atoms with Gasteiger partial charge in [-0.05, 0) is 41.7 Å². The van der Waals surface area contributed by atoms with E-state index >= 15 is 0 Å². The van der Waals surface area contributed by atoms with Crippen LogP contribution in [0.2, 0.25) is 0 Å². The van der Waals surface area contributed by atoms with E-state index in [-0.39, 0.29) is 24.0 Å². The van der Waals surface area contributed by atoms with E-state index in [2.05, 4.69) is 11.4 Å². The number of nitrogens with one attached hydrogen (secondary N) is 1. The maximum absolute atomic E-state index is 13.2. The summed E-state index contributed by atoms with van der Waals surface area (Å²) < 4.78 is 13.2. The predicted octanol–water partition coefficient (Wildman–Crippen LogP) is 4.64. The van der Waals surface area contributed by atoms with Gasteiger partial charge in [-0.15, -0.1) is 0 Å². The van der Waals surface area contributed by atoms with Crippen LogP contribution in [0.15, 0.2) is 78.9 Å². The molecule has 0 saturated carbocycles. The van der Waals surface area contributed by atoms with E-state index in [1.54, 1.807) is 12.1 Å². The molecule has 1 aromatic heterocycles. The summed E-state index contributed by atoms with van der Waals surface area (Å²) in [6.45, 7) is 0. The fraction of sp³-hybridized carbons (Fsp3) is 0.148. The number of carbonyl (C=O) groups excluding carboxylic acids is 1. The molecule has 1 aliphatic rings. The normalized spacial score (nSPS) is 13.0. The molecule has 1 atom stereocenters. The highest BCUT2D eigenvalue weighted by atomic mass is 19.1. The third-order valence-electron chi connectivity index (χ3n) is 5.81. The first kappa shape index (κ1) is 21.0. The van der Waals surface area contributed by atoms with Crippen LogP contribution in [0.4, 0.5) is 10.2 Å². The Morgan fingerprint density at radius 3 is 2.45 bits per heavy atom. The fourth-order valence-electron chi connectivity index (χ4n) is 4.14. The van der Waals surface area contributed by atoms with Gasteiger partial charge in [0, 0.05) is 5.56 Å². The summed E-state index contributed by atoms with van der Waals surface area (Å²) in [6.07, 6.45) is 0.533. The molecule has 0 spiro atoms. The number of hydrogen-bond acceptors (Lipinski definition) is 4. The summed E-state index contributed by atoms with van der Waals surface area (Å²) in [5.41, 5.74) is 5.34. The molecule has 0 radical (unpaired) electrons. The lowest BCUT2D eigenvalue weighted by atomic mass is 9.91. The third kappa shape index (κ3) is 4.38. The second-order valence-electron chi connectivity index (χ2n) is 8.07. The average Bonchev–Trinajstić information content (AvgIpc) is 2.85. The molecule has 6 heteroatoms. The van der Waals surface area contributed by atoms with Crippen molar-refractivity contribution in [2.45, 2.75) is 25.4 Å². The molecule has 0 aliphatic heterocycles. The van der Waals surface area contributed by atoms with Crippen molar-refractivity contribution in [3.05, 3.63) is 113 Å². The molecule has 1 unspecified atom stereocenters. The number of nitrogens with zero attached hydrogens (tertiary/aromatic N) is 2. The number of rotatable bonds is 5. The summed E-state index contributed by atoms with van der Waals surface area (Å²) in [5, 5.41) is 14.0. The molecule has 3 aromatic carbocycles. The molecule has 1 amide bonds. The van der Waals surface area contributed by atoms with Crippen molar-refractivity contribution in [2.75, 3.05) is 5.32 Å². The SMILES string of the molecule is O=C(Cc1ccc(F)cc1)Nc1nc2c(nc1C(O)c1ccccc1)-c1ccccc1CC2. The van der Waals surface area contributed by atoms with Gasteiger partial charge in [0.1, 0.15) is 17.6 Å². The average molecular weight is 439 g/mol. The lowest BCUT2D eigenvalue weighted by Gasteiger charge is -2.22. The topological polar surface area (TPSA) is 75.1 Å². The number of benzene rings is 3. The molecule has 1 heterocycles. The molecule has 1 aliphatic carbocycles. The van der Waals surface area contributed by atoms with E-state index in [9.17, 15) is 14.3 Å². The van der Waals surface area contributed by atoms with Crippen LogP contribution < -0.4 is 5.32 Å². The summed E-state index contributed by atoms with van der Waals surface area (Å²) in [6, 6.07) is 23.0. The van der Waals surface area contributed by atoms with Crippen LogP contribution in [0.1, 0.15) is 34.2 Å². The number of aromatic nitrogens is 2. The summed E-state index contributed by atoms with van der Waals surface area (Å²) in [5.74, 6) is -0.418. The Balaban J connectivity index is 1.53. The molecule has 0 bridgehead atoms. The lowest BCUT2D eigenvalue weighted by Crippen LogP contribution is -2.21. The first-order valence-electron chi connectivity index (χ1n) is 10.8. The van der Waals surface area contributed by atoms with Gasteiger partial charge in [0.2, 0.25) is 5.91 Å². The summed E-state index contributed by atoms with van der Waals surface area (Å²) >= 11 is 0. The van der Waals surface area contributed by atoms with Crippen LogP contribution in [0, 0.1) is 5.82 Å². The fourth-order valence-corrected chi connectivity index (χ4v) is 4.14. The monoisotopic (exact) mass is 439 g/mol. The smallest absolute Gasteiger partial charge is 0.229 e. The molecule has 2 N–H and O–H groups in total. The Hall–Kier alpha value is -3.90. The summed E-state index contributed by atoms with van der Waals surface area (Å²) in [7, 11) is 0. The van der Waals surface area contributed by atoms with Gasteiger partial charge in [0.05, 0.1) is 17.8 Å². The molecule has 0 fully saturated rings. The number of fused-ring (bicyclic) bond motifs is 3. The molecule has 4 aromatic rings. The Labute approximate surface area is 191 Å². The highest BCUT2D eigenvalue weighted by Crippen LogP contribution is 2.35. The van der Waals surface area contributed by atoms with Gasteiger partial charge >= 0.3 is 0 Å². The highest BCUT2D eigenvalue weighted by molar-refractivity contribution is 5.92. The van der Waals surface area contributed by atoms with Crippen LogP contribution in [0.3, 0.4) is 0 Å². The van der Waals surface area contributed by atoms with Gasteiger partial charge in [0.25, 0.3) is 0 Å². The van der Waals surface area contributed by atoms with E-state index in [1.165, 1.54) is 17.7 Å². The van der Waals surface area contributed by atoms with Crippen molar-refractivity contribution in [1.82, 2.24) is 9.97 Å². The largest absolute Gasteiger partial charge is 0.382 e. The number of aliphatic hydroxyl groups is 1.